The topological polar surface area (TPSA) is 49.3 Å². The van der Waals surface area contributed by atoms with Gasteiger partial charge in [0.25, 0.3) is 5.91 Å². The van der Waals surface area contributed by atoms with E-state index in [1.54, 1.807) is 4.90 Å². The van der Waals surface area contributed by atoms with Gasteiger partial charge < -0.3 is 9.80 Å². The van der Waals surface area contributed by atoms with Crippen LogP contribution in [0.3, 0.4) is 0 Å². The van der Waals surface area contributed by atoms with Crippen LogP contribution in [-0.4, -0.2) is 58.4 Å². The summed E-state index contributed by atoms with van der Waals surface area (Å²) in [7, 11) is 0. The lowest BCUT2D eigenvalue weighted by Gasteiger charge is -2.23. The normalized spacial score (nSPS) is 10.8. The summed E-state index contributed by atoms with van der Waals surface area (Å²) in [4.78, 5) is 24.3. The number of carbonyl (C=O) groups excluding carboxylic acids is 1. The van der Waals surface area contributed by atoms with Gasteiger partial charge >= 0.3 is 0 Å². The second kappa shape index (κ2) is 8.87. The third kappa shape index (κ3) is 5.06. The fourth-order valence-corrected chi connectivity index (χ4v) is 2.11. The summed E-state index contributed by atoms with van der Waals surface area (Å²) in [5, 5.41) is 0.297. The smallest absolute Gasteiger partial charge is 0.274 e. The van der Waals surface area contributed by atoms with Crippen LogP contribution in [0.25, 0.3) is 0 Å². The van der Waals surface area contributed by atoms with Crippen LogP contribution >= 0.6 is 11.6 Å². The number of hydrogen-bond donors (Lipinski definition) is 0. The van der Waals surface area contributed by atoms with Gasteiger partial charge in [0.15, 0.2) is 0 Å². The lowest BCUT2D eigenvalue weighted by atomic mass is 10.3. The summed E-state index contributed by atoms with van der Waals surface area (Å²) in [6, 6.07) is 0. The van der Waals surface area contributed by atoms with E-state index in [1.807, 2.05) is 6.92 Å². The van der Waals surface area contributed by atoms with Gasteiger partial charge in [-0.25, -0.2) is 9.97 Å². The molecule has 112 valence electrons. The van der Waals surface area contributed by atoms with Gasteiger partial charge in [0, 0.05) is 13.1 Å². The van der Waals surface area contributed by atoms with Crippen LogP contribution in [0.5, 0.6) is 0 Å². The third-order valence-electron chi connectivity index (χ3n) is 3.31. The van der Waals surface area contributed by atoms with Crippen molar-refractivity contribution in [1.29, 1.82) is 0 Å². The Morgan fingerprint density at radius 3 is 2.30 bits per heavy atom. The molecule has 1 aromatic rings. The van der Waals surface area contributed by atoms with Crippen molar-refractivity contribution in [3.05, 3.63) is 23.2 Å². The van der Waals surface area contributed by atoms with Crippen molar-refractivity contribution in [2.75, 3.05) is 32.7 Å². The first-order valence-corrected chi connectivity index (χ1v) is 7.49. The van der Waals surface area contributed by atoms with Gasteiger partial charge in [-0.05, 0) is 33.0 Å². The molecule has 1 heterocycles. The van der Waals surface area contributed by atoms with E-state index in [0.29, 0.717) is 17.4 Å². The zero-order valence-electron chi connectivity index (χ0n) is 12.5. The van der Waals surface area contributed by atoms with Crippen LogP contribution in [0, 0.1) is 0 Å². The molecule has 1 amide bonds. The van der Waals surface area contributed by atoms with E-state index in [1.165, 1.54) is 12.4 Å². The lowest BCUT2D eigenvalue weighted by molar-refractivity contribution is 0.0751. The number of halogens is 1. The van der Waals surface area contributed by atoms with Gasteiger partial charge in [0.1, 0.15) is 10.8 Å². The Balaban J connectivity index is 2.53. The fraction of sp³-hybridized carbons (Fsp3) is 0.643. The predicted molar refractivity (Wildman–Crippen MR) is 81.0 cm³/mol. The predicted octanol–water partition coefficient (Wildman–Crippen LogP) is 2.32. The highest BCUT2D eigenvalue weighted by atomic mass is 35.5. The Morgan fingerprint density at radius 1 is 1.10 bits per heavy atom. The third-order valence-corrected chi connectivity index (χ3v) is 3.50. The van der Waals surface area contributed by atoms with Crippen LogP contribution < -0.4 is 0 Å². The number of carbonyl (C=O) groups is 1. The Kier molecular flexibility index (Phi) is 7.47. The molecule has 0 aliphatic rings. The van der Waals surface area contributed by atoms with Gasteiger partial charge in [0.2, 0.25) is 0 Å². The Morgan fingerprint density at radius 2 is 1.80 bits per heavy atom. The molecular formula is C14H23ClN4O. The molecule has 0 aliphatic carbocycles. The molecule has 0 fully saturated rings. The minimum atomic E-state index is -0.0868. The Hall–Kier alpha value is -1.20. The van der Waals surface area contributed by atoms with Crippen molar-refractivity contribution in [3.8, 4) is 0 Å². The van der Waals surface area contributed by atoms with Crippen LogP contribution in [-0.2, 0) is 0 Å². The van der Waals surface area contributed by atoms with Crippen molar-refractivity contribution in [2.24, 2.45) is 0 Å². The molecule has 0 aliphatic heterocycles. The monoisotopic (exact) mass is 298 g/mol. The van der Waals surface area contributed by atoms with Gasteiger partial charge in [-0.2, -0.15) is 0 Å². The number of hydrogen-bond acceptors (Lipinski definition) is 4. The molecular weight excluding hydrogens is 276 g/mol. The van der Waals surface area contributed by atoms with Crippen molar-refractivity contribution in [2.45, 2.75) is 27.2 Å². The summed E-state index contributed by atoms with van der Waals surface area (Å²) in [6.07, 6.45) is 3.79. The molecule has 0 unspecified atom stereocenters. The molecule has 0 saturated heterocycles. The zero-order chi connectivity index (χ0) is 15.0. The van der Waals surface area contributed by atoms with E-state index in [-0.39, 0.29) is 5.91 Å². The summed E-state index contributed by atoms with van der Waals surface area (Å²) < 4.78 is 0. The minimum absolute atomic E-state index is 0.0868. The second-order valence-corrected chi connectivity index (χ2v) is 4.88. The highest BCUT2D eigenvalue weighted by molar-refractivity contribution is 6.29. The summed E-state index contributed by atoms with van der Waals surface area (Å²) >= 11 is 5.68. The first-order valence-electron chi connectivity index (χ1n) is 7.11. The fourth-order valence-electron chi connectivity index (χ4n) is 2.01. The molecule has 1 aromatic heterocycles. The van der Waals surface area contributed by atoms with E-state index >= 15 is 0 Å². The zero-order valence-corrected chi connectivity index (χ0v) is 13.2. The van der Waals surface area contributed by atoms with E-state index in [9.17, 15) is 4.79 Å². The van der Waals surface area contributed by atoms with Crippen LogP contribution in [0.1, 0.15) is 37.7 Å². The van der Waals surface area contributed by atoms with Crippen molar-refractivity contribution in [3.63, 3.8) is 0 Å². The minimum Gasteiger partial charge on any atom is -0.337 e. The molecule has 0 spiro atoms. The van der Waals surface area contributed by atoms with Crippen LogP contribution in [0.2, 0.25) is 5.15 Å². The Labute approximate surface area is 126 Å². The van der Waals surface area contributed by atoms with E-state index in [4.69, 9.17) is 11.6 Å². The van der Waals surface area contributed by atoms with Gasteiger partial charge in [-0.3, -0.25) is 4.79 Å². The molecule has 0 radical (unpaired) electrons. The molecule has 5 nitrogen and oxygen atoms in total. The first-order chi connectivity index (χ1) is 9.62. The summed E-state index contributed by atoms with van der Waals surface area (Å²) in [6.45, 7) is 10.8. The maximum absolute atomic E-state index is 12.3. The molecule has 0 bridgehead atoms. The van der Waals surface area contributed by atoms with Crippen molar-refractivity contribution < 1.29 is 4.79 Å². The number of amides is 1. The first kappa shape index (κ1) is 16.9. The largest absolute Gasteiger partial charge is 0.337 e. The number of aromatic nitrogens is 2. The average molecular weight is 299 g/mol. The van der Waals surface area contributed by atoms with Crippen molar-refractivity contribution in [1.82, 2.24) is 19.8 Å². The Bertz CT molecular complexity index is 406. The maximum Gasteiger partial charge on any atom is 0.274 e. The second-order valence-electron chi connectivity index (χ2n) is 4.49. The van der Waals surface area contributed by atoms with E-state index in [2.05, 4.69) is 28.7 Å². The van der Waals surface area contributed by atoms with E-state index < -0.39 is 0 Å². The highest BCUT2D eigenvalue weighted by Gasteiger charge is 2.15. The van der Waals surface area contributed by atoms with Crippen molar-refractivity contribution >= 4 is 17.5 Å². The highest BCUT2D eigenvalue weighted by Crippen LogP contribution is 2.05. The average Bonchev–Trinajstić information content (AvgIpc) is 2.48. The maximum atomic E-state index is 12.3. The number of rotatable bonds is 8. The molecule has 1 rings (SSSR count). The molecule has 0 aromatic carbocycles. The lowest BCUT2D eigenvalue weighted by Crippen LogP contribution is -2.34. The van der Waals surface area contributed by atoms with Crippen LogP contribution in [0.15, 0.2) is 12.4 Å². The molecule has 0 atom stereocenters. The number of nitrogens with zero attached hydrogens (tertiary/aromatic N) is 4. The summed E-state index contributed by atoms with van der Waals surface area (Å²) in [5.74, 6) is -0.0868. The molecule has 0 N–H and O–H groups in total. The summed E-state index contributed by atoms with van der Waals surface area (Å²) in [5.41, 5.74) is 0.346. The molecule has 20 heavy (non-hydrogen) atoms. The molecule has 0 saturated carbocycles. The quantitative estimate of drug-likeness (QED) is 0.739. The van der Waals surface area contributed by atoms with E-state index in [0.717, 1.165) is 32.6 Å². The molecule has 6 heteroatoms. The van der Waals surface area contributed by atoms with Crippen LogP contribution in [0.4, 0.5) is 0 Å². The van der Waals surface area contributed by atoms with Gasteiger partial charge in [0.05, 0.1) is 12.4 Å². The van der Waals surface area contributed by atoms with Gasteiger partial charge in [-0.15, -0.1) is 0 Å². The standard InChI is InChI=1S/C14H23ClN4O/c1-4-18(5-2)8-7-9-19(6-3)14(20)12-10-17-13(15)11-16-12/h10-11H,4-9H2,1-3H3. The SMILES string of the molecule is CCN(CC)CCCN(CC)C(=O)c1cnc(Cl)cn1. The van der Waals surface area contributed by atoms with Gasteiger partial charge in [-0.1, -0.05) is 25.4 Å².